The minimum atomic E-state index is 0. The Labute approximate surface area is 318 Å². The molecule has 6 rings (SSSR count). The van der Waals surface area contributed by atoms with Crippen molar-refractivity contribution in [1.82, 2.24) is 0 Å². The molecule has 2 aromatic carbocycles. The average molecular weight is 806 g/mol. The van der Waals surface area contributed by atoms with E-state index >= 15 is 0 Å². The van der Waals surface area contributed by atoms with Gasteiger partial charge in [-0.15, -0.1) is 0 Å². The van der Waals surface area contributed by atoms with Gasteiger partial charge in [0.25, 0.3) is 0 Å². The summed E-state index contributed by atoms with van der Waals surface area (Å²) in [6.07, 6.45) is 42.7. The summed E-state index contributed by atoms with van der Waals surface area (Å²) in [7, 11) is 0.440. The van der Waals surface area contributed by atoms with E-state index < -0.39 is 0 Å². The van der Waals surface area contributed by atoms with Gasteiger partial charge in [0.2, 0.25) is 0 Å². The molecule has 0 bridgehead atoms. The fourth-order valence-corrected chi connectivity index (χ4v) is 15.8. The van der Waals surface area contributed by atoms with Gasteiger partial charge < -0.3 is 24.8 Å². The van der Waals surface area contributed by atoms with E-state index in [1.54, 1.807) is 0 Å². The monoisotopic (exact) mass is 804 g/mol. The quantitative estimate of drug-likeness (QED) is 0.171. The Hall–Kier alpha value is 0.0223. The third-order valence-electron chi connectivity index (χ3n) is 11.0. The first-order chi connectivity index (χ1) is 21.9. The molecule has 4 aliphatic rings. The third-order valence-corrected chi connectivity index (χ3v) is 18.1. The van der Waals surface area contributed by atoms with Gasteiger partial charge >= 0.3 is 20.4 Å². The van der Waals surface area contributed by atoms with Crippen LogP contribution in [0.1, 0.15) is 140 Å². The molecule has 0 aliphatic heterocycles. The molecule has 0 atom stereocenters. The molecule has 0 spiro atoms. The Bertz CT molecular complexity index is 947. The Morgan fingerprint density at radius 1 is 0.404 bits per heavy atom. The van der Waals surface area contributed by atoms with Gasteiger partial charge in [-0.05, 0) is 97.5 Å². The number of hydrogen-bond donors (Lipinski definition) is 0. The minimum Gasteiger partial charge on any atom is -1.00 e. The molecule has 264 valence electrons. The fourth-order valence-electron chi connectivity index (χ4n) is 8.59. The Morgan fingerprint density at radius 3 is 0.915 bits per heavy atom. The maximum Gasteiger partial charge on any atom is 2.00 e. The SMILES string of the molecule is C(=Cc1ccccc1)CP(C1CCCCC1)C1CCCCC1.C(=Cc1ccccc1)CP(C1CCCCC1)C1CCCCC1.[Cl-].[Cl-].[Pd+2]. The van der Waals surface area contributed by atoms with Crippen molar-refractivity contribution in [2.75, 3.05) is 12.3 Å². The minimum absolute atomic E-state index is 0. The zero-order valence-corrected chi connectivity index (χ0v) is 33.8. The summed E-state index contributed by atoms with van der Waals surface area (Å²) < 4.78 is 0. The van der Waals surface area contributed by atoms with Crippen LogP contribution in [0.3, 0.4) is 0 Å². The molecule has 0 amide bonds. The molecule has 0 unspecified atom stereocenters. The van der Waals surface area contributed by atoms with Crippen molar-refractivity contribution in [1.29, 1.82) is 0 Å². The largest absolute Gasteiger partial charge is 2.00 e. The van der Waals surface area contributed by atoms with Crippen LogP contribution in [-0.4, -0.2) is 35.0 Å². The van der Waals surface area contributed by atoms with Crippen LogP contribution >= 0.6 is 15.8 Å². The predicted octanol–water partition coefficient (Wildman–Crippen LogP) is 7.70. The first-order valence-corrected chi connectivity index (χ1v) is 22.1. The molecule has 5 heteroatoms. The van der Waals surface area contributed by atoms with E-state index in [1.165, 1.54) is 152 Å². The van der Waals surface area contributed by atoms with Crippen LogP contribution in [0.25, 0.3) is 12.2 Å². The summed E-state index contributed by atoms with van der Waals surface area (Å²) in [6, 6.07) is 21.7. The molecule has 4 saturated carbocycles. The van der Waals surface area contributed by atoms with E-state index in [0.717, 1.165) is 22.6 Å². The van der Waals surface area contributed by atoms with E-state index in [2.05, 4.69) is 85.0 Å². The molecule has 0 heterocycles. The van der Waals surface area contributed by atoms with Crippen LogP contribution in [0.5, 0.6) is 0 Å². The van der Waals surface area contributed by atoms with Crippen LogP contribution < -0.4 is 24.8 Å². The van der Waals surface area contributed by atoms with Crippen molar-refractivity contribution in [2.24, 2.45) is 0 Å². The molecule has 4 fully saturated rings. The Kier molecular flexibility index (Phi) is 23.8. The van der Waals surface area contributed by atoms with Gasteiger partial charge in [-0.3, -0.25) is 0 Å². The van der Waals surface area contributed by atoms with Gasteiger partial charge in [0.1, 0.15) is 0 Å². The second kappa shape index (κ2) is 25.9. The zero-order valence-electron chi connectivity index (χ0n) is 28.9. The first kappa shape index (κ1) is 43.2. The third kappa shape index (κ3) is 15.4. The number of rotatable bonds is 10. The molecular formula is C42H62Cl2P2Pd. The molecule has 0 aromatic heterocycles. The topological polar surface area (TPSA) is 0 Å². The van der Waals surface area contributed by atoms with E-state index in [-0.39, 0.29) is 61.1 Å². The summed E-state index contributed by atoms with van der Waals surface area (Å²) in [4.78, 5) is 0. The van der Waals surface area contributed by atoms with Crippen molar-refractivity contribution >= 4 is 28.0 Å². The van der Waals surface area contributed by atoms with Crippen LogP contribution in [-0.2, 0) is 20.4 Å². The van der Waals surface area contributed by atoms with Crippen molar-refractivity contribution in [3.63, 3.8) is 0 Å². The Balaban J connectivity index is 0.000000307. The maximum atomic E-state index is 2.50. The molecule has 0 N–H and O–H groups in total. The first-order valence-electron chi connectivity index (χ1n) is 18.8. The van der Waals surface area contributed by atoms with Crippen molar-refractivity contribution in [2.45, 2.75) is 151 Å². The van der Waals surface area contributed by atoms with Crippen LogP contribution in [0.2, 0.25) is 0 Å². The van der Waals surface area contributed by atoms with Gasteiger partial charge in [-0.25, -0.2) is 0 Å². The molecule has 4 aliphatic carbocycles. The van der Waals surface area contributed by atoms with Gasteiger partial charge in [0.05, 0.1) is 0 Å². The van der Waals surface area contributed by atoms with Gasteiger partial charge in [-0.1, -0.05) is 178 Å². The van der Waals surface area contributed by atoms with E-state index in [9.17, 15) is 0 Å². The zero-order chi connectivity index (χ0) is 30.1. The summed E-state index contributed by atoms with van der Waals surface area (Å²) in [6.45, 7) is 0. The van der Waals surface area contributed by atoms with Crippen LogP contribution in [0.15, 0.2) is 72.8 Å². The molecular weight excluding hydrogens is 744 g/mol. The van der Waals surface area contributed by atoms with Crippen LogP contribution in [0, 0.1) is 0 Å². The smallest absolute Gasteiger partial charge is 1.00 e. The van der Waals surface area contributed by atoms with Crippen molar-refractivity contribution < 1.29 is 45.2 Å². The second-order valence-corrected chi connectivity index (χ2v) is 19.9. The number of halogens is 2. The molecule has 47 heavy (non-hydrogen) atoms. The van der Waals surface area contributed by atoms with Crippen LogP contribution in [0.4, 0.5) is 0 Å². The number of benzene rings is 2. The molecule has 0 saturated heterocycles. The second-order valence-electron chi connectivity index (χ2n) is 14.2. The molecule has 0 radical (unpaired) electrons. The van der Waals surface area contributed by atoms with Crippen molar-refractivity contribution in [3.8, 4) is 0 Å². The molecule has 2 aromatic rings. The number of hydrogen-bond acceptors (Lipinski definition) is 0. The normalized spacial score (nSPS) is 20.3. The van der Waals surface area contributed by atoms with Gasteiger partial charge in [0.15, 0.2) is 0 Å². The summed E-state index contributed by atoms with van der Waals surface area (Å²) in [5.74, 6) is 0. The van der Waals surface area contributed by atoms with Gasteiger partial charge in [-0.2, -0.15) is 0 Å². The fraction of sp³-hybridized carbons (Fsp3) is 0.619. The summed E-state index contributed by atoms with van der Waals surface area (Å²) in [5.41, 5.74) is 7.04. The van der Waals surface area contributed by atoms with E-state index in [1.807, 2.05) is 0 Å². The standard InChI is InChI=1S/2C21H31P.2ClH.Pd/c2*1-4-11-19(12-5-1)13-10-18-22(20-14-6-2-7-15-20)21-16-8-3-9-17-21;;;/h2*1,4-5,10-13,20-21H,2-3,6-9,14-18H2;2*1H;/q;;;;+2/p-2. The van der Waals surface area contributed by atoms with Crippen molar-refractivity contribution in [3.05, 3.63) is 83.9 Å². The summed E-state index contributed by atoms with van der Waals surface area (Å²) in [5, 5.41) is 0. The predicted molar refractivity (Wildman–Crippen MR) is 202 cm³/mol. The number of allylic oxidation sites excluding steroid dienone is 2. The average Bonchev–Trinajstić information content (AvgIpc) is 3.11. The molecule has 0 nitrogen and oxygen atoms in total. The summed E-state index contributed by atoms with van der Waals surface area (Å²) >= 11 is 0. The maximum absolute atomic E-state index is 2.50. The van der Waals surface area contributed by atoms with Gasteiger partial charge in [0, 0.05) is 0 Å². The van der Waals surface area contributed by atoms with E-state index in [0.29, 0.717) is 0 Å². The van der Waals surface area contributed by atoms with E-state index in [4.69, 9.17) is 0 Å². The Morgan fingerprint density at radius 2 is 0.660 bits per heavy atom.